The van der Waals surface area contributed by atoms with E-state index in [0.717, 1.165) is 43.9 Å². The second-order valence-corrected chi connectivity index (χ2v) is 6.09. The molecule has 0 bridgehead atoms. The van der Waals surface area contributed by atoms with Crippen molar-refractivity contribution >= 4 is 0 Å². The maximum Gasteiger partial charge on any atom is 0.194 e. The molecule has 0 saturated carbocycles. The number of aromatic nitrogens is 1. The maximum absolute atomic E-state index is 5.72. The van der Waals surface area contributed by atoms with Gasteiger partial charge in [-0.2, -0.15) is 0 Å². The standard InChI is InChI=1S/C15H28N2O2/c1-12(18-5)8-9-13-11-16-14(19-13)7-6-10-17-15(2,3)4/h11-12,17H,6-10H2,1-5H3. The average molecular weight is 268 g/mol. The fourth-order valence-electron chi connectivity index (χ4n) is 1.75. The first-order valence-electron chi connectivity index (χ1n) is 7.12. The summed E-state index contributed by atoms with van der Waals surface area (Å²) in [6.07, 6.45) is 5.91. The van der Waals surface area contributed by atoms with Crippen LogP contribution < -0.4 is 5.32 Å². The zero-order chi connectivity index (χ0) is 14.3. The largest absolute Gasteiger partial charge is 0.446 e. The summed E-state index contributed by atoms with van der Waals surface area (Å²) in [5, 5.41) is 3.46. The normalized spacial score (nSPS) is 13.7. The maximum atomic E-state index is 5.72. The summed E-state index contributed by atoms with van der Waals surface area (Å²) in [5.74, 6) is 1.80. The third-order valence-corrected chi connectivity index (χ3v) is 3.02. The lowest BCUT2D eigenvalue weighted by Gasteiger charge is -2.20. The van der Waals surface area contributed by atoms with Crippen LogP contribution in [0, 0.1) is 0 Å². The quantitative estimate of drug-likeness (QED) is 0.736. The molecular weight excluding hydrogens is 240 g/mol. The summed E-state index contributed by atoms with van der Waals surface area (Å²) < 4.78 is 10.9. The Kier molecular flexibility index (Phi) is 6.52. The van der Waals surface area contributed by atoms with Crippen LogP contribution in [-0.2, 0) is 17.6 Å². The van der Waals surface area contributed by atoms with Gasteiger partial charge < -0.3 is 14.5 Å². The van der Waals surface area contributed by atoms with Gasteiger partial charge in [0.05, 0.1) is 12.3 Å². The van der Waals surface area contributed by atoms with Crippen molar-refractivity contribution in [2.24, 2.45) is 0 Å². The summed E-state index contributed by atoms with van der Waals surface area (Å²) in [6.45, 7) is 9.57. The van der Waals surface area contributed by atoms with Crippen LogP contribution in [0.5, 0.6) is 0 Å². The third kappa shape index (κ3) is 7.33. The third-order valence-electron chi connectivity index (χ3n) is 3.02. The lowest BCUT2D eigenvalue weighted by Crippen LogP contribution is -2.36. The zero-order valence-electron chi connectivity index (χ0n) is 13.0. The van der Waals surface area contributed by atoms with E-state index < -0.39 is 0 Å². The molecule has 0 saturated heterocycles. The highest BCUT2D eigenvalue weighted by molar-refractivity contribution is 4.95. The lowest BCUT2D eigenvalue weighted by molar-refractivity contribution is 0.110. The van der Waals surface area contributed by atoms with E-state index >= 15 is 0 Å². The molecule has 0 fully saturated rings. The highest BCUT2D eigenvalue weighted by Gasteiger charge is 2.09. The molecular formula is C15H28N2O2. The molecule has 4 heteroatoms. The molecule has 0 radical (unpaired) electrons. The smallest absolute Gasteiger partial charge is 0.194 e. The number of hydrogen-bond acceptors (Lipinski definition) is 4. The van der Waals surface area contributed by atoms with E-state index in [2.05, 4.69) is 38.0 Å². The van der Waals surface area contributed by atoms with Crippen molar-refractivity contribution < 1.29 is 9.15 Å². The number of ether oxygens (including phenoxy) is 1. The van der Waals surface area contributed by atoms with E-state index in [1.54, 1.807) is 7.11 Å². The Morgan fingerprint density at radius 2 is 2.11 bits per heavy atom. The molecule has 19 heavy (non-hydrogen) atoms. The fourth-order valence-corrected chi connectivity index (χ4v) is 1.75. The van der Waals surface area contributed by atoms with Gasteiger partial charge in [-0.3, -0.25) is 0 Å². The van der Waals surface area contributed by atoms with Crippen LogP contribution in [0.1, 0.15) is 52.2 Å². The predicted molar refractivity (Wildman–Crippen MR) is 77.4 cm³/mol. The van der Waals surface area contributed by atoms with Crippen LogP contribution in [0.3, 0.4) is 0 Å². The van der Waals surface area contributed by atoms with Crippen molar-refractivity contribution in [3.05, 3.63) is 17.8 Å². The summed E-state index contributed by atoms with van der Waals surface area (Å²) in [4.78, 5) is 4.32. The molecule has 0 amide bonds. The number of methoxy groups -OCH3 is 1. The molecule has 1 atom stereocenters. The van der Waals surface area contributed by atoms with E-state index in [4.69, 9.17) is 9.15 Å². The van der Waals surface area contributed by atoms with E-state index in [0.29, 0.717) is 0 Å². The fraction of sp³-hybridized carbons (Fsp3) is 0.800. The first-order chi connectivity index (χ1) is 8.90. The van der Waals surface area contributed by atoms with Gasteiger partial charge in [-0.15, -0.1) is 0 Å². The monoisotopic (exact) mass is 268 g/mol. The number of oxazole rings is 1. The minimum atomic E-state index is 0.179. The molecule has 0 aromatic carbocycles. The van der Waals surface area contributed by atoms with Gasteiger partial charge in [0, 0.05) is 25.5 Å². The Morgan fingerprint density at radius 3 is 2.74 bits per heavy atom. The van der Waals surface area contributed by atoms with Crippen molar-refractivity contribution in [2.75, 3.05) is 13.7 Å². The number of nitrogens with one attached hydrogen (secondary N) is 1. The molecule has 110 valence electrons. The van der Waals surface area contributed by atoms with Crippen LogP contribution in [-0.4, -0.2) is 30.3 Å². The summed E-state index contributed by atoms with van der Waals surface area (Å²) >= 11 is 0. The highest BCUT2D eigenvalue weighted by Crippen LogP contribution is 2.10. The lowest BCUT2D eigenvalue weighted by atomic mass is 10.1. The van der Waals surface area contributed by atoms with Crippen molar-refractivity contribution in [3.63, 3.8) is 0 Å². The molecule has 0 spiro atoms. The first kappa shape index (κ1) is 16.2. The van der Waals surface area contributed by atoms with Crippen LogP contribution >= 0.6 is 0 Å². The number of aryl methyl sites for hydroxylation is 2. The molecule has 1 aromatic heterocycles. The van der Waals surface area contributed by atoms with Crippen molar-refractivity contribution in [1.29, 1.82) is 0 Å². The van der Waals surface area contributed by atoms with E-state index in [9.17, 15) is 0 Å². The van der Waals surface area contributed by atoms with Crippen molar-refractivity contribution in [1.82, 2.24) is 10.3 Å². The molecule has 1 rings (SSSR count). The summed E-state index contributed by atoms with van der Waals surface area (Å²) in [6, 6.07) is 0. The van der Waals surface area contributed by atoms with Crippen LogP contribution in [0.15, 0.2) is 10.6 Å². The summed E-state index contributed by atoms with van der Waals surface area (Å²) in [7, 11) is 1.73. The predicted octanol–water partition coefficient (Wildman–Crippen LogP) is 2.96. The Hall–Kier alpha value is -0.870. The molecule has 1 unspecified atom stereocenters. The van der Waals surface area contributed by atoms with E-state index in [1.807, 2.05) is 6.20 Å². The Bertz CT molecular complexity index is 355. The summed E-state index contributed by atoms with van der Waals surface area (Å²) in [5.41, 5.74) is 0.179. The van der Waals surface area contributed by atoms with Crippen LogP contribution in [0.2, 0.25) is 0 Å². The Labute approximate surface area is 116 Å². The van der Waals surface area contributed by atoms with Gasteiger partial charge in [0.15, 0.2) is 5.89 Å². The molecule has 0 aliphatic rings. The van der Waals surface area contributed by atoms with Gasteiger partial charge in [0.1, 0.15) is 5.76 Å². The van der Waals surface area contributed by atoms with Gasteiger partial charge in [0.25, 0.3) is 0 Å². The minimum absolute atomic E-state index is 0.179. The van der Waals surface area contributed by atoms with Gasteiger partial charge >= 0.3 is 0 Å². The van der Waals surface area contributed by atoms with Crippen LogP contribution in [0.4, 0.5) is 0 Å². The SMILES string of the molecule is COC(C)CCc1cnc(CCCNC(C)(C)C)o1. The van der Waals surface area contributed by atoms with Gasteiger partial charge in [-0.25, -0.2) is 4.98 Å². The van der Waals surface area contributed by atoms with Crippen molar-refractivity contribution in [3.8, 4) is 0 Å². The van der Waals surface area contributed by atoms with E-state index in [1.165, 1.54) is 0 Å². The molecule has 1 N–H and O–H groups in total. The zero-order valence-corrected chi connectivity index (χ0v) is 13.0. The Morgan fingerprint density at radius 1 is 1.37 bits per heavy atom. The second-order valence-electron chi connectivity index (χ2n) is 6.09. The number of nitrogens with zero attached hydrogens (tertiary/aromatic N) is 1. The second kappa shape index (κ2) is 7.65. The average Bonchev–Trinajstić information content (AvgIpc) is 2.78. The minimum Gasteiger partial charge on any atom is -0.446 e. The van der Waals surface area contributed by atoms with Crippen molar-refractivity contribution in [2.45, 2.75) is 65.0 Å². The topological polar surface area (TPSA) is 47.3 Å². The number of hydrogen-bond donors (Lipinski definition) is 1. The van der Waals surface area contributed by atoms with Gasteiger partial charge in [0.2, 0.25) is 0 Å². The molecule has 4 nitrogen and oxygen atoms in total. The number of rotatable bonds is 8. The molecule has 1 heterocycles. The molecule has 0 aliphatic heterocycles. The van der Waals surface area contributed by atoms with Gasteiger partial charge in [-0.1, -0.05) is 0 Å². The van der Waals surface area contributed by atoms with Gasteiger partial charge in [-0.05, 0) is 47.1 Å². The highest BCUT2D eigenvalue weighted by atomic mass is 16.5. The van der Waals surface area contributed by atoms with E-state index in [-0.39, 0.29) is 11.6 Å². The molecule has 1 aromatic rings. The van der Waals surface area contributed by atoms with Crippen LogP contribution in [0.25, 0.3) is 0 Å². The Balaban J connectivity index is 2.23. The molecule has 0 aliphatic carbocycles. The first-order valence-corrected chi connectivity index (χ1v) is 7.12.